The Kier molecular flexibility index (Phi) is 3.98. The minimum absolute atomic E-state index is 0.112. The van der Waals surface area contributed by atoms with Crippen LogP contribution in [0.4, 0.5) is 0 Å². The summed E-state index contributed by atoms with van der Waals surface area (Å²) in [6.45, 7) is 5.98. The van der Waals surface area contributed by atoms with Crippen molar-refractivity contribution in [3.8, 4) is 0 Å². The van der Waals surface area contributed by atoms with E-state index in [-0.39, 0.29) is 11.0 Å². The molecule has 0 saturated carbocycles. The normalized spacial score (nSPS) is 12.5. The number of fused-ring (bicyclic) bond motifs is 1. The molecule has 2 aromatic heterocycles. The van der Waals surface area contributed by atoms with Crippen LogP contribution in [0.2, 0.25) is 0 Å². The standard InChI is InChI=1S/C17H17N3OS/c1-11-7-8-14(10-12(11)2)16(21)13(3)22-17-19-18-15-6-4-5-9-20(15)17/h4-10,13H,1-3H3/t13-/m0/s1. The quantitative estimate of drug-likeness (QED) is 0.544. The first-order valence-electron chi connectivity index (χ1n) is 7.14. The lowest BCUT2D eigenvalue weighted by atomic mass is 10.0. The average Bonchev–Trinajstić information content (AvgIpc) is 2.92. The van der Waals surface area contributed by atoms with E-state index in [1.54, 1.807) is 0 Å². The third-order valence-electron chi connectivity index (χ3n) is 3.73. The molecular weight excluding hydrogens is 294 g/mol. The minimum Gasteiger partial charge on any atom is -0.293 e. The number of ketones is 1. The molecule has 112 valence electrons. The zero-order valence-corrected chi connectivity index (χ0v) is 13.6. The lowest BCUT2D eigenvalue weighted by Gasteiger charge is -2.10. The molecule has 22 heavy (non-hydrogen) atoms. The van der Waals surface area contributed by atoms with E-state index in [2.05, 4.69) is 10.2 Å². The fourth-order valence-electron chi connectivity index (χ4n) is 2.24. The van der Waals surface area contributed by atoms with Gasteiger partial charge in [-0.3, -0.25) is 9.20 Å². The molecule has 0 aliphatic rings. The summed E-state index contributed by atoms with van der Waals surface area (Å²) in [6.07, 6.45) is 1.91. The maximum Gasteiger partial charge on any atom is 0.196 e. The highest BCUT2D eigenvalue weighted by Gasteiger charge is 2.19. The van der Waals surface area contributed by atoms with Gasteiger partial charge in [-0.1, -0.05) is 30.0 Å². The van der Waals surface area contributed by atoms with E-state index in [9.17, 15) is 4.79 Å². The summed E-state index contributed by atoms with van der Waals surface area (Å²) in [5.41, 5.74) is 3.86. The first-order valence-corrected chi connectivity index (χ1v) is 8.02. The van der Waals surface area contributed by atoms with Gasteiger partial charge in [0.1, 0.15) is 0 Å². The van der Waals surface area contributed by atoms with Crippen LogP contribution in [0.15, 0.2) is 47.8 Å². The van der Waals surface area contributed by atoms with E-state index < -0.39 is 0 Å². The SMILES string of the molecule is Cc1ccc(C(=O)[C@H](C)Sc2nnc3ccccn23)cc1C. The molecule has 0 N–H and O–H groups in total. The second kappa shape index (κ2) is 5.93. The fourth-order valence-corrected chi connectivity index (χ4v) is 3.16. The minimum atomic E-state index is -0.213. The van der Waals surface area contributed by atoms with E-state index in [1.165, 1.54) is 17.3 Å². The molecule has 0 radical (unpaired) electrons. The highest BCUT2D eigenvalue weighted by Crippen LogP contribution is 2.25. The number of carbonyl (C=O) groups is 1. The van der Waals surface area contributed by atoms with Gasteiger partial charge in [0, 0.05) is 11.8 Å². The van der Waals surface area contributed by atoms with E-state index in [0.29, 0.717) is 0 Å². The monoisotopic (exact) mass is 311 g/mol. The molecule has 3 rings (SSSR count). The first-order chi connectivity index (χ1) is 10.6. The van der Waals surface area contributed by atoms with Gasteiger partial charge in [-0.2, -0.15) is 0 Å². The van der Waals surface area contributed by atoms with Crippen LogP contribution in [0.1, 0.15) is 28.4 Å². The number of aryl methyl sites for hydroxylation is 2. The number of nitrogens with zero attached hydrogens (tertiary/aromatic N) is 3. The summed E-state index contributed by atoms with van der Waals surface area (Å²) in [5.74, 6) is 0.112. The highest BCUT2D eigenvalue weighted by molar-refractivity contribution is 8.00. The van der Waals surface area contributed by atoms with Gasteiger partial charge in [-0.15, -0.1) is 10.2 Å². The van der Waals surface area contributed by atoms with Crippen LogP contribution in [-0.4, -0.2) is 25.6 Å². The van der Waals surface area contributed by atoms with Crippen LogP contribution < -0.4 is 0 Å². The molecular formula is C17H17N3OS. The number of benzene rings is 1. The Morgan fingerprint density at radius 2 is 1.95 bits per heavy atom. The van der Waals surface area contributed by atoms with Gasteiger partial charge in [0.15, 0.2) is 16.6 Å². The van der Waals surface area contributed by atoms with Crippen molar-refractivity contribution in [3.63, 3.8) is 0 Å². The van der Waals surface area contributed by atoms with Gasteiger partial charge >= 0.3 is 0 Å². The second-order valence-corrected chi connectivity index (χ2v) is 6.64. The largest absolute Gasteiger partial charge is 0.293 e. The Balaban J connectivity index is 1.83. The maximum atomic E-state index is 12.6. The molecule has 3 aromatic rings. The molecule has 0 bridgehead atoms. The summed E-state index contributed by atoms with van der Waals surface area (Å²) >= 11 is 1.43. The fraction of sp³-hybridized carbons (Fsp3) is 0.235. The van der Waals surface area contributed by atoms with E-state index in [1.807, 2.05) is 67.8 Å². The number of rotatable bonds is 4. The Bertz CT molecular complexity index is 841. The summed E-state index contributed by atoms with van der Waals surface area (Å²) in [6, 6.07) is 11.6. The van der Waals surface area contributed by atoms with Gasteiger partial charge in [0.25, 0.3) is 0 Å². The third kappa shape index (κ3) is 2.76. The Morgan fingerprint density at radius 3 is 2.73 bits per heavy atom. The number of aromatic nitrogens is 3. The number of pyridine rings is 1. The summed E-state index contributed by atoms with van der Waals surface area (Å²) < 4.78 is 1.90. The zero-order valence-electron chi connectivity index (χ0n) is 12.8. The van der Waals surface area contributed by atoms with Crippen molar-refractivity contribution in [2.75, 3.05) is 0 Å². The zero-order chi connectivity index (χ0) is 15.7. The molecule has 0 saturated heterocycles. The number of Topliss-reactive ketones (excluding diaryl/α,β-unsaturated/α-hetero) is 1. The summed E-state index contributed by atoms with van der Waals surface area (Å²) in [4.78, 5) is 12.6. The van der Waals surface area contributed by atoms with Crippen molar-refractivity contribution in [1.82, 2.24) is 14.6 Å². The van der Waals surface area contributed by atoms with Crippen LogP contribution in [-0.2, 0) is 0 Å². The van der Waals surface area contributed by atoms with E-state index >= 15 is 0 Å². The van der Waals surface area contributed by atoms with Gasteiger partial charge in [-0.25, -0.2) is 0 Å². The molecule has 0 spiro atoms. The third-order valence-corrected chi connectivity index (χ3v) is 4.78. The van der Waals surface area contributed by atoms with Crippen molar-refractivity contribution in [1.29, 1.82) is 0 Å². The average molecular weight is 311 g/mol. The Morgan fingerprint density at radius 1 is 1.14 bits per heavy atom. The van der Waals surface area contributed by atoms with Crippen LogP contribution in [0.25, 0.3) is 5.65 Å². The van der Waals surface area contributed by atoms with Crippen molar-refractivity contribution >= 4 is 23.2 Å². The molecule has 0 unspecified atom stereocenters. The Labute approximate surface area is 133 Å². The smallest absolute Gasteiger partial charge is 0.196 e. The van der Waals surface area contributed by atoms with Crippen molar-refractivity contribution in [2.45, 2.75) is 31.2 Å². The van der Waals surface area contributed by atoms with E-state index in [4.69, 9.17) is 0 Å². The van der Waals surface area contributed by atoms with Gasteiger partial charge in [-0.05, 0) is 50.1 Å². The molecule has 4 nitrogen and oxygen atoms in total. The van der Waals surface area contributed by atoms with Crippen molar-refractivity contribution < 1.29 is 4.79 Å². The molecule has 1 atom stereocenters. The van der Waals surface area contributed by atoms with Crippen molar-refractivity contribution in [3.05, 3.63) is 59.3 Å². The number of hydrogen-bond donors (Lipinski definition) is 0. The Hall–Kier alpha value is -2.14. The van der Waals surface area contributed by atoms with Gasteiger partial charge < -0.3 is 0 Å². The second-order valence-electron chi connectivity index (χ2n) is 5.33. The molecule has 0 fully saturated rings. The maximum absolute atomic E-state index is 12.6. The lowest BCUT2D eigenvalue weighted by molar-refractivity contribution is 0.0994. The first kappa shape index (κ1) is 14.8. The van der Waals surface area contributed by atoms with Crippen LogP contribution >= 0.6 is 11.8 Å². The molecule has 2 heterocycles. The van der Waals surface area contributed by atoms with Gasteiger partial charge in [0.05, 0.1) is 5.25 Å². The molecule has 0 aliphatic carbocycles. The van der Waals surface area contributed by atoms with E-state index in [0.717, 1.165) is 21.9 Å². The number of hydrogen-bond acceptors (Lipinski definition) is 4. The van der Waals surface area contributed by atoms with Crippen LogP contribution in [0.5, 0.6) is 0 Å². The summed E-state index contributed by atoms with van der Waals surface area (Å²) in [7, 11) is 0. The number of thioether (sulfide) groups is 1. The summed E-state index contributed by atoms with van der Waals surface area (Å²) in [5, 5.41) is 8.80. The van der Waals surface area contributed by atoms with Crippen molar-refractivity contribution in [2.24, 2.45) is 0 Å². The van der Waals surface area contributed by atoms with Gasteiger partial charge in [0.2, 0.25) is 0 Å². The highest BCUT2D eigenvalue weighted by atomic mass is 32.2. The molecule has 5 heteroatoms. The number of carbonyl (C=O) groups excluding carboxylic acids is 1. The topological polar surface area (TPSA) is 47.3 Å². The van der Waals surface area contributed by atoms with Crippen LogP contribution in [0, 0.1) is 13.8 Å². The molecule has 0 amide bonds. The molecule has 0 aliphatic heterocycles. The molecule has 1 aromatic carbocycles. The predicted molar refractivity (Wildman–Crippen MR) is 88.6 cm³/mol. The van der Waals surface area contributed by atoms with Crippen LogP contribution in [0.3, 0.4) is 0 Å². The predicted octanol–water partition coefficient (Wildman–Crippen LogP) is 3.71. The lowest BCUT2D eigenvalue weighted by Crippen LogP contribution is -2.14.